The molecule has 1 aliphatic carbocycles. The number of halogens is 1. The largest absolute Gasteiger partial charge is 0.379 e. The number of hydrogen-bond donors (Lipinski definition) is 1. The van der Waals surface area contributed by atoms with Crippen LogP contribution in [0.25, 0.3) is 0 Å². The summed E-state index contributed by atoms with van der Waals surface area (Å²) in [5.74, 6) is 0.445. The predicted octanol–water partition coefficient (Wildman–Crippen LogP) is 1.71. The van der Waals surface area contributed by atoms with Gasteiger partial charge in [-0.3, -0.25) is 9.69 Å². The summed E-state index contributed by atoms with van der Waals surface area (Å²) < 4.78 is 13.1. The first-order valence-corrected chi connectivity index (χ1v) is 10.2. The molecule has 3 aliphatic rings. The van der Waals surface area contributed by atoms with Gasteiger partial charge in [-0.25, -0.2) is 4.39 Å². The topological polar surface area (TPSA) is 47.0 Å². The maximum absolute atomic E-state index is 13.1. The minimum atomic E-state index is -1.29. The van der Waals surface area contributed by atoms with E-state index >= 15 is 0 Å². The first-order valence-electron chi connectivity index (χ1n) is 10.2. The van der Waals surface area contributed by atoms with Gasteiger partial charge in [0.15, 0.2) is 5.60 Å². The number of β-amino-alcohol motifs (C(OH)–C–C–N with tert-alkyl or cyclic N) is 1. The third-order valence-corrected chi connectivity index (χ3v) is 6.15. The lowest BCUT2D eigenvalue weighted by atomic mass is 9.90. The van der Waals surface area contributed by atoms with Crippen molar-refractivity contribution < 1.29 is 14.3 Å². The summed E-state index contributed by atoms with van der Waals surface area (Å²) in [7, 11) is 0. The summed E-state index contributed by atoms with van der Waals surface area (Å²) in [5, 5.41) is 11.1. The van der Waals surface area contributed by atoms with Gasteiger partial charge in [-0.05, 0) is 49.3 Å². The number of amides is 1. The van der Waals surface area contributed by atoms with Crippen LogP contribution in [0, 0.1) is 11.7 Å². The molecule has 2 heterocycles. The van der Waals surface area contributed by atoms with Crippen LogP contribution in [0.1, 0.15) is 31.2 Å². The maximum atomic E-state index is 13.1. The minimum Gasteiger partial charge on any atom is -0.379 e. The minimum absolute atomic E-state index is 0.182. The van der Waals surface area contributed by atoms with Gasteiger partial charge >= 0.3 is 0 Å². The highest BCUT2D eigenvalue weighted by atomic mass is 19.1. The van der Waals surface area contributed by atoms with Gasteiger partial charge in [0.25, 0.3) is 5.91 Å². The zero-order valence-electron chi connectivity index (χ0n) is 15.9. The fourth-order valence-corrected chi connectivity index (χ4v) is 4.34. The second-order valence-electron chi connectivity index (χ2n) is 8.51. The van der Waals surface area contributed by atoms with E-state index in [0.717, 1.165) is 44.1 Å². The number of carbonyl (C=O) groups is 1. The van der Waals surface area contributed by atoms with Crippen molar-refractivity contribution in [3.05, 3.63) is 35.6 Å². The maximum Gasteiger partial charge on any atom is 0.256 e. The Bertz CT molecular complexity index is 656. The van der Waals surface area contributed by atoms with Crippen LogP contribution in [-0.4, -0.2) is 77.1 Å². The average Bonchev–Trinajstić information content (AvgIpc) is 3.47. The zero-order chi connectivity index (χ0) is 18.9. The molecule has 0 bridgehead atoms. The summed E-state index contributed by atoms with van der Waals surface area (Å²) in [5.41, 5.74) is -0.403. The van der Waals surface area contributed by atoms with E-state index in [-0.39, 0.29) is 11.7 Å². The van der Waals surface area contributed by atoms with Crippen LogP contribution in [0.3, 0.4) is 0 Å². The average molecular weight is 375 g/mol. The number of benzene rings is 1. The highest BCUT2D eigenvalue weighted by Gasteiger charge is 2.43. The Balaban J connectivity index is 1.32. The lowest BCUT2D eigenvalue weighted by molar-refractivity contribution is -0.160. The quantitative estimate of drug-likeness (QED) is 0.822. The van der Waals surface area contributed by atoms with Gasteiger partial charge in [0.05, 0.1) is 0 Å². The van der Waals surface area contributed by atoms with Gasteiger partial charge in [0, 0.05) is 52.4 Å². The molecule has 2 aliphatic heterocycles. The number of hydrogen-bond acceptors (Lipinski definition) is 4. The molecule has 0 aromatic heterocycles. The Morgan fingerprint density at radius 2 is 1.70 bits per heavy atom. The van der Waals surface area contributed by atoms with Crippen molar-refractivity contribution in [2.45, 2.75) is 37.8 Å². The van der Waals surface area contributed by atoms with Gasteiger partial charge < -0.3 is 14.9 Å². The standard InChI is InChI=1S/C21H30FN3O2/c22-19-6-4-18(5-7-19)15-25-9-1-8-21(27,20(25)26)16-24-12-10-23(11-13-24)14-17-2-3-17/h4-7,17,27H,1-3,8-16H2/t21-/m1/s1. The monoisotopic (exact) mass is 375 g/mol. The first kappa shape index (κ1) is 18.8. The molecule has 1 N–H and O–H groups in total. The molecule has 4 rings (SSSR count). The summed E-state index contributed by atoms with van der Waals surface area (Å²) in [6.07, 6.45) is 4.07. The molecule has 0 unspecified atom stereocenters. The highest BCUT2D eigenvalue weighted by Crippen LogP contribution is 2.30. The lowest BCUT2D eigenvalue weighted by Crippen LogP contribution is -2.60. The van der Waals surface area contributed by atoms with E-state index in [1.54, 1.807) is 17.0 Å². The van der Waals surface area contributed by atoms with Gasteiger partial charge in [-0.1, -0.05) is 12.1 Å². The molecule has 1 saturated carbocycles. The molecule has 1 aromatic rings. The smallest absolute Gasteiger partial charge is 0.256 e. The lowest BCUT2D eigenvalue weighted by Gasteiger charge is -2.43. The van der Waals surface area contributed by atoms with Gasteiger partial charge in [0.2, 0.25) is 0 Å². The van der Waals surface area contributed by atoms with E-state index in [2.05, 4.69) is 9.80 Å². The molecule has 5 nitrogen and oxygen atoms in total. The molecular weight excluding hydrogens is 345 g/mol. The van der Waals surface area contributed by atoms with Crippen LogP contribution in [-0.2, 0) is 11.3 Å². The van der Waals surface area contributed by atoms with Gasteiger partial charge in [-0.15, -0.1) is 0 Å². The molecule has 1 aromatic carbocycles. The van der Waals surface area contributed by atoms with E-state index in [4.69, 9.17) is 0 Å². The third kappa shape index (κ3) is 4.68. The summed E-state index contributed by atoms with van der Waals surface area (Å²) in [6.45, 7) is 6.59. The number of nitrogens with zero attached hydrogens (tertiary/aromatic N) is 3. The molecule has 1 atom stereocenters. The van der Waals surface area contributed by atoms with Crippen LogP contribution >= 0.6 is 0 Å². The molecule has 0 spiro atoms. The van der Waals surface area contributed by atoms with Crippen LogP contribution in [0.4, 0.5) is 4.39 Å². The summed E-state index contributed by atoms with van der Waals surface area (Å²) in [6, 6.07) is 6.23. The van der Waals surface area contributed by atoms with Crippen LogP contribution in [0.2, 0.25) is 0 Å². The van der Waals surface area contributed by atoms with Gasteiger partial charge in [-0.2, -0.15) is 0 Å². The summed E-state index contributed by atoms with van der Waals surface area (Å²) in [4.78, 5) is 19.5. The predicted molar refractivity (Wildman–Crippen MR) is 102 cm³/mol. The van der Waals surface area contributed by atoms with E-state index in [0.29, 0.717) is 26.1 Å². The van der Waals surface area contributed by atoms with E-state index < -0.39 is 5.60 Å². The SMILES string of the molecule is O=C1N(Cc2ccc(F)cc2)CCC[C@@]1(O)CN1CCN(CC2CC2)CC1. The Hall–Kier alpha value is -1.50. The van der Waals surface area contributed by atoms with Crippen LogP contribution in [0.5, 0.6) is 0 Å². The molecule has 148 valence electrons. The fourth-order valence-electron chi connectivity index (χ4n) is 4.34. The van der Waals surface area contributed by atoms with Crippen molar-refractivity contribution in [2.24, 2.45) is 5.92 Å². The van der Waals surface area contributed by atoms with Crippen molar-refractivity contribution in [1.82, 2.24) is 14.7 Å². The molecule has 27 heavy (non-hydrogen) atoms. The molecule has 3 fully saturated rings. The van der Waals surface area contributed by atoms with Crippen LogP contribution in [0.15, 0.2) is 24.3 Å². The number of piperidine rings is 1. The zero-order valence-corrected chi connectivity index (χ0v) is 15.9. The van der Waals surface area contributed by atoms with E-state index in [1.807, 2.05) is 0 Å². The van der Waals surface area contributed by atoms with Crippen LogP contribution < -0.4 is 0 Å². The molecular formula is C21H30FN3O2. The Morgan fingerprint density at radius 1 is 1.04 bits per heavy atom. The number of aliphatic hydroxyl groups is 1. The van der Waals surface area contributed by atoms with Crippen molar-refractivity contribution in [2.75, 3.05) is 45.8 Å². The Kier molecular flexibility index (Phi) is 5.48. The number of piperazine rings is 1. The number of rotatable bonds is 6. The van der Waals surface area contributed by atoms with Gasteiger partial charge in [0.1, 0.15) is 5.82 Å². The fraction of sp³-hybridized carbons (Fsp3) is 0.667. The molecule has 2 saturated heterocycles. The second kappa shape index (κ2) is 7.86. The van der Waals surface area contributed by atoms with Crippen molar-refractivity contribution >= 4 is 5.91 Å². The number of likely N-dealkylation sites (tertiary alicyclic amines) is 1. The Morgan fingerprint density at radius 3 is 2.37 bits per heavy atom. The van der Waals surface area contributed by atoms with E-state index in [9.17, 15) is 14.3 Å². The second-order valence-corrected chi connectivity index (χ2v) is 8.51. The van der Waals surface area contributed by atoms with Crippen molar-refractivity contribution in [3.63, 3.8) is 0 Å². The normalized spacial score (nSPS) is 27.9. The highest BCUT2D eigenvalue weighted by molar-refractivity contribution is 5.86. The number of carbonyl (C=O) groups excluding carboxylic acids is 1. The molecule has 0 radical (unpaired) electrons. The van der Waals surface area contributed by atoms with E-state index in [1.165, 1.54) is 31.5 Å². The Labute approximate surface area is 160 Å². The first-order chi connectivity index (χ1) is 13.0. The molecule has 6 heteroatoms. The van der Waals surface area contributed by atoms with Crippen molar-refractivity contribution in [3.8, 4) is 0 Å². The molecule has 1 amide bonds. The third-order valence-electron chi connectivity index (χ3n) is 6.15. The summed E-state index contributed by atoms with van der Waals surface area (Å²) >= 11 is 0. The van der Waals surface area contributed by atoms with Crippen molar-refractivity contribution in [1.29, 1.82) is 0 Å².